The molecule has 0 radical (unpaired) electrons. The van der Waals surface area contributed by atoms with E-state index in [2.05, 4.69) is 44.8 Å². The molecule has 2 aromatic carbocycles. The van der Waals surface area contributed by atoms with Gasteiger partial charge in [-0.25, -0.2) is 4.98 Å². The lowest BCUT2D eigenvalue weighted by atomic mass is 10.00. The Balaban J connectivity index is 1.19. The second-order valence-electron chi connectivity index (χ2n) is 8.08. The zero-order chi connectivity index (χ0) is 22.2. The highest BCUT2D eigenvalue weighted by Crippen LogP contribution is 2.18. The van der Waals surface area contributed by atoms with Gasteiger partial charge in [0.1, 0.15) is 0 Å². The fourth-order valence-electron chi connectivity index (χ4n) is 3.96. The molecule has 0 aliphatic carbocycles. The fraction of sp³-hybridized carbons (Fsp3) is 0.320. The molecule has 0 unspecified atom stereocenters. The molecule has 0 fully saturated rings. The molecule has 1 aromatic heterocycles. The zero-order valence-electron chi connectivity index (χ0n) is 18.2. The van der Waals surface area contributed by atoms with Gasteiger partial charge >= 0.3 is 0 Å². The van der Waals surface area contributed by atoms with Gasteiger partial charge in [0.15, 0.2) is 0 Å². The van der Waals surface area contributed by atoms with Crippen molar-refractivity contribution in [2.45, 2.75) is 32.4 Å². The molecule has 166 valence electrons. The van der Waals surface area contributed by atoms with Crippen LogP contribution in [-0.4, -0.2) is 45.9 Å². The summed E-state index contributed by atoms with van der Waals surface area (Å²) in [4.78, 5) is 31.1. The number of hydrogen-bond donors (Lipinski definition) is 2. The predicted molar refractivity (Wildman–Crippen MR) is 124 cm³/mol. The Bertz CT molecular complexity index is 1050. The minimum absolute atomic E-state index is 0.0978. The van der Waals surface area contributed by atoms with Crippen molar-refractivity contribution in [2.75, 3.05) is 25.0 Å². The van der Waals surface area contributed by atoms with Gasteiger partial charge in [0.25, 0.3) is 5.91 Å². The Morgan fingerprint density at radius 3 is 2.75 bits per heavy atom. The number of aromatic nitrogens is 2. The summed E-state index contributed by atoms with van der Waals surface area (Å²) in [6, 6.07) is 15.7. The van der Waals surface area contributed by atoms with Crippen LogP contribution in [0.3, 0.4) is 0 Å². The van der Waals surface area contributed by atoms with E-state index in [4.69, 9.17) is 0 Å². The number of carbonyl (C=O) groups excluding carboxylic acids is 2. The molecule has 4 rings (SSSR count). The molecule has 2 heterocycles. The number of amides is 2. The maximum absolute atomic E-state index is 12.5. The van der Waals surface area contributed by atoms with Crippen LogP contribution in [0.25, 0.3) is 0 Å². The van der Waals surface area contributed by atoms with E-state index in [1.165, 1.54) is 11.1 Å². The lowest BCUT2D eigenvalue weighted by molar-refractivity contribution is -0.116. The maximum Gasteiger partial charge on any atom is 0.251 e. The zero-order valence-corrected chi connectivity index (χ0v) is 18.2. The minimum Gasteiger partial charge on any atom is -0.352 e. The molecule has 1 aliphatic heterocycles. The number of nitrogens with zero attached hydrogens (tertiary/aromatic N) is 3. The Morgan fingerprint density at radius 2 is 1.91 bits per heavy atom. The fourth-order valence-corrected chi connectivity index (χ4v) is 3.96. The smallest absolute Gasteiger partial charge is 0.251 e. The normalized spacial score (nSPS) is 13.4. The number of imidazole rings is 1. The molecule has 7 nitrogen and oxygen atoms in total. The van der Waals surface area contributed by atoms with Crippen molar-refractivity contribution in [3.63, 3.8) is 0 Å². The van der Waals surface area contributed by atoms with Crippen LogP contribution in [0.5, 0.6) is 0 Å². The third kappa shape index (κ3) is 6.04. The summed E-state index contributed by atoms with van der Waals surface area (Å²) in [7, 11) is 0. The van der Waals surface area contributed by atoms with Crippen LogP contribution in [0, 0.1) is 0 Å². The van der Waals surface area contributed by atoms with Gasteiger partial charge in [0, 0.05) is 62.8 Å². The molecular weight excluding hydrogens is 402 g/mol. The van der Waals surface area contributed by atoms with Gasteiger partial charge in [-0.05, 0) is 42.2 Å². The number of anilines is 1. The quantitative estimate of drug-likeness (QED) is 0.511. The molecule has 1 aliphatic rings. The molecule has 0 spiro atoms. The number of benzene rings is 2. The molecule has 2 N–H and O–H groups in total. The van der Waals surface area contributed by atoms with E-state index in [0.29, 0.717) is 30.8 Å². The van der Waals surface area contributed by atoms with Crippen molar-refractivity contribution in [3.05, 3.63) is 83.9 Å². The van der Waals surface area contributed by atoms with Crippen LogP contribution in [-0.2, 0) is 24.3 Å². The van der Waals surface area contributed by atoms with Gasteiger partial charge in [-0.15, -0.1) is 0 Å². The van der Waals surface area contributed by atoms with Crippen LogP contribution < -0.4 is 10.6 Å². The van der Waals surface area contributed by atoms with E-state index in [-0.39, 0.29) is 11.8 Å². The molecule has 0 saturated carbocycles. The molecule has 7 heteroatoms. The number of aryl methyl sites for hydroxylation is 1. The number of fused-ring (bicyclic) bond motifs is 1. The van der Waals surface area contributed by atoms with E-state index in [9.17, 15) is 9.59 Å². The number of hydrogen-bond acceptors (Lipinski definition) is 4. The molecule has 0 saturated heterocycles. The van der Waals surface area contributed by atoms with Crippen molar-refractivity contribution in [1.29, 1.82) is 0 Å². The minimum atomic E-state index is -0.122. The number of carbonyl (C=O) groups is 2. The summed E-state index contributed by atoms with van der Waals surface area (Å²) < 4.78 is 1.85. The standard InChI is InChI=1S/C25H29N5O2/c31-24(10-15-30-16-12-26-19-30)28-23-8-3-7-21(17-23)25(32)27-11-4-13-29-14-9-20-5-1-2-6-22(20)18-29/h1-3,5-8,12,16-17,19H,4,9-11,13-15,18H2,(H,27,32)(H,28,31). The van der Waals surface area contributed by atoms with E-state index in [1.54, 1.807) is 36.8 Å². The number of rotatable bonds is 9. The summed E-state index contributed by atoms with van der Waals surface area (Å²) in [5, 5.41) is 5.85. The summed E-state index contributed by atoms with van der Waals surface area (Å²) in [5.74, 6) is -0.220. The molecule has 32 heavy (non-hydrogen) atoms. The predicted octanol–water partition coefficient (Wildman–Crippen LogP) is 3.09. The monoisotopic (exact) mass is 431 g/mol. The maximum atomic E-state index is 12.5. The van der Waals surface area contributed by atoms with Gasteiger partial charge < -0.3 is 15.2 Å². The largest absolute Gasteiger partial charge is 0.352 e. The van der Waals surface area contributed by atoms with Crippen LogP contribution in [0.4, 0.5) is 5.69 Å². The first-order chi connectivity index (χ1) is 15.7. The van der Waals surface area contributed by atoms with E-state index in [1.807, 2.05) is 10.8 Å². The van der Waals surface area contributed by atoms with Crippen LogP contribution >= 0.6 is 0 Å². The van der Waals surface area contributed by atoms with Crippen molar-refractivity contribution in [1.82, 2.24) is 19.8 Å². The summed E-state index contributed by atoms with van der Waals surface area (Å²) in [6.07, 6.45) is 7.52. The Hall–Kier alpha value is -3.45. The first-order valence-electron chi connectivity index (χ1n) is 11.1. The van der Waals surface area contributed by atoms with Gasteiger partial charge in [-0.3, -0.25) is 14.5 Å². The molecule has 0 atom stereocenters. The summed E-state index contributed by atoms with van der Waals surface area (Å²) in [5.41, 5.74) is 4.03. The van der Waals surface area contributed by atoms with Gasteiger partial charge in [0.05, 0.1) is 6.33 Å². The SMILES string of the molecule is O=C(CCn1ccnc1)Nc1cccc(C(=O)NCCCN2CCc3ccccc3C2)c1. The van der Waals surface area contributed by atoms with Gasteiger partial charge in [0.2, 0.25) is 5.91 Å². The highest BCUT2D eigenvalue weighted by Gasteiger charge is 2.15. The van der Waals surface area contributed by atoms with Crippen LogP contribution in [0.1, 0.15) is 34.3 Å². The Kier molecular flexibility index (Phi) is 7.30. The van der Waals surface area contributed by atoms with E-state index >= 15 is 0 Å². The van der Waals surface area contributed by atoms with E-state index < -0.39 is 0 Å². The lowest BCUT2D eigenvalue weighted by Crippen LogP contribution is -2.33. The van der Waals surface area contributed by atoms with Crippen molar-refractivity contribution < 1.29 is 9.59 Å². The average Bonchev–Trinajstić information content (AvgIpc) is 3.34. The third-order valence-electron chi connectivity index (χ3n) is 5.71. The van der Waals surface area contributed by atoms with E-state index in [0.717, 1.165) is 32.5 Å². The molecular formula is C25H29N5O2. The highest BCUT2D eigenvalue weighted by molar-refractivity contribution is 5.97. The second-order valence-corrected chi connectivity index (χ2v) is 8.08. The highest BCUT2D eigenvalue weighted by atomic mass is 16.2. The van der Waals surface area contributed by atoms with Gasteiger partial charge in [-0.2, -0.15) is 0 Å². The Morgan fingerprint density at radius 1 is 1.03 bits per heavy atom. The van der Waals surface area contributed by atoms with Gasteiger partial charge in [-0.1, -0.05) is 30.3 Å². The number of nitrogens with one attached hydrogen (secondary N) is 2. The molecule has 3 aromatic rings. The first-order valence-corrected chi connectivity index (χ1v) is 11.1. The molecule has 2 amide bonds. The van der Waals surface area contributed by atoms with Crippen molar-refractivity contribution >= 4 is 17.5 Å². The topological polar surface area (TPSA) is 79.3 Å². The van der Waals surface area contributed by atoms with Crippen LogP contribution in [0.15, 0.2) is 67.3 Å². The summed E-state index contributed by atoms with van der Waals surface area (Å²) >= 11 is 0. The second kappa shape index (κ2) is 10.7. The average molecular weight is 432 g/mol. The molecule has 0 bridgehead atoms. The summed E-state index contributed by atoms with van der Waals surface area (Å²) in [6.45, 7) is 4.19. The lowest BCUT2D eigenvalue weighted by Gasteiger charge is -2.28. The van der Waals surface area contributed by atoms with Crippen molar-refractivity contribution in [3.8, 4) is 0 Å². The first kappa shape index (κ1) is 21.8. The third-order valence-corrected chi connectivity index (χ3v) is 5.71. The van der Waals surface area contributed by atoms with Crippen molar-refractivity contribution in [2.24, 2.45) is 0 Å². The Labute approximate surface area is 188 Å². The van der Waals surface area contributed by atoms with Crippen LogP contribution in [0.2, 0.25) is 0 Å².